The highest BCUT2D eigenvalue weighted by atomic mass is 79.9. The van der Waals surface area contributed by atoms with E-state index in [9.17, 15) is 18.8 Å². The van der Waals surface area contributed by atoms with Crippen molar-refractivity contribution in [2.75, 3.05) is 0 Å². The largest absolute Gasteiger partial charge is 0.368 e. The summed E-state index contributed by atoms with van der Waals surface area (Å²) in [5.41, 5.74) is 6.93. The van der Waals surface area contributed by atoms with E-state index in [0.717, 1.165) is 10.0 Å². The molecule has 0 bridgehead atoms. The Kier molecular flexibility index (Phi) is 7.69. The van der Waals surface area contributed by atoms with Crippen molar-refractivity contribution in [3.8, 4) is 0 Å². The topological polar surface area (TPSA) is 101 Å². The lowest BCUT2D eigenvalue weighted by Gasteiger charge is -2.22. The number of primary amides is 1. The number of halogens is 2. The number of nitrogens with one attached hydrogen (secondary N) is 2. The number of benzene rings is 2. The molecule has 0 aliphatic rings. The van der Waals surface area contributed by atoms with Crippen LogP contribution in [0, 0.1) is 5.82 Å². The smallest absolute Gasteiger partial charge is 0.243 e. The lowest BCUT2D eigenvalue weighted by atomic mass is 10.0. The van der Waals surface area contributed by atoms with Crippen molar-refractivity contribution in [3.05, 3.63) is 69.9 Å². The molecule has 0 saturated heterocycles. The number of amides is 3. The molecule has 2 rings (SSSR count). The Morgan fingerprint density at radius 1 is 0.929 bits per heavy atom. The lowest BCUT2D eigenvalue weighted by Crippen LogP contribution is -2.54. The predicted molar refractivity (Wildman–Crippen MR) is 107 cm³/mol. The Morgan fingerprint density at radius 2 is 1.43 bits per heavy atom. The van der Waals surface area contributed by atoms with Crippen molar-refractivity contribution >= 4 is 33.7 Å². The first kappa shape index (κ1) is 21.6. The molecule has 4 N–H and O–H groups in total. The van der Waals surface area contributed by atoms with Gasteiger partial charge in [-0.05, 0) is 35.4 Å². The number of rotatable bonds is 8. The molecule has 0 spiro atoms. The van der Waals surface area contributed by atoms with Gasteiger partial charge in [0.2, 0.25) is 17.7 Å². The molecule has 0 aliphatic carbocycles. The molecule has 2 atom stereocenters. The average molecular weight is 450 g/mol. The standard InChI is InChI=1S/C20H21BrFN3O3/c1-12(26)24-18(11-14-4-8-16(22)9-5-14)20(28)25-17(19(23)27)10-13-2-6-15(21)7-3-13/h2-9,17-18H,10-11H2,1H3,(H2,23,27)(H,24,26)(H,25,28)/t17-,18-/m0/s1. The van der Waals surface area contributed by atoms with Crippen LogP contribution >= 0.6 is 15.9 Å². The van der Waals surface area contributed by atoms with Crippen molar-refractivity contribution in [1.82, 2.24) is 10.6 Å². The molecule has 3 amide bonds. The van der Waals surface area contributed by atoms with Gasteiger partial charge < -0.3 is 16.4 Å². The second kappa shape index (κ2) is 9.98. The van der Waals surface area contributed by atoms with Crippen LogP contribution in [0.5, 0.6) is 0 Å². The Labute approximate surface area is 170 Å². The van der Waals surface area contributed by atoms with Gasteiger partial charge in [0.25, 0.3) is 0 Å². The fraction of sp³-hybridized carbons (Fsp3) is 0.250. The minimum absolute atomic E-state index is 0.148. The Morgan fingerprint density at radius 3 is 1.93 bits per heavy atom. The van der Waals surface area contributed by atoms with Gasteiger partial charge in [0.05, 0.1) is 0 Å². The summed E-state index contributed by atoms with van der Waals surface area (Å²) in [7, 11) is 0. The SMILES string of the molecule is CC(=O)N[C@@H](Cc1ccc(F)cc1)C(=O)N[C@@H](Cc1ccc(Br)cc1)C(N)=O. The predicted octanol–water partition coefficient (Wildman–Crippen LogP) is 1.85. The zero-order chi connectivity index (χ0) is 20.7. The van der Waals surface area contributed by atoms with Crippen molar-refractivity contribution < 1.29 is 18.8 Å². The first-order chi connectivity index (χ1) is 13.2. The van der Waals surface area contributed by atoms with Gasteiger partial charge in [0.15, 0.2) is 0 Å². The molecule has 28 heavy (non-hydrogen) atoms. The number of nitrogens with two attached hydrogens (primary N) is 1. The molecule has 148 valence electrons. The summed E-state index contributed by atoms with van der Waals surface area (Å²) in [5.74, 6) is -2.02. The lowest BCUT2D eigenvalue weighted by molar-refractivity contribution is -0.130. The number of carbonyl (C=O) groups excluding carboxylic acids is 3. The maximum absolute atomic E-state index is 13.1. The van der Waals surface area contributed by atoms with Gasteiger partial charge in [-0.25, -0.2) is 4.39 Å². The first-order valence-corrected chi connectivity index (χ1v) is 9.39. The zero-order valence-electron chi connectivity index (χ0n) is 15.2. The quantitative estimate of drug-likeness (QED) is 0.572. The Bertz CT molecular complexity index is 841. The molecule has 0 heterocycles. The molecule has 2 aromatic rings. The summed E-state index contributed by atoms with van der Waals surface area (Å²) in [4.78, 5) is 36.0. The number of carbonyl (C=O) groups is 3. The van der Waals surface area contributed by atoms with Crippen LogP contribution in [-0.4, -0.2) is 29.8 Å². The minimum Gasteiger partial charge on any atom is -0.368 e. The van der Waals surface area contributed by atoms with E-state index in [1.807, 2.05) is 24.3 Å². The van der Waals surface area contributed by atoms with E-state index in [4.69, 9.17) is 5.73 Å². The third-order valence-electron chi connectivity index (χ3n) is 4.06. The molecule has 0 saturated carbocycles. The fourth-order valence-electron chi connectivity index (χ4n) is 2.66. The van der Waals surface area contributed by atoms with E-state index >= 15 is 0 Å². The summed E-state index contributed by atoms with van der Waals surface area (Å²) in [6.45, 7) is 1.29. The van der Waals surface area contributed by atoms with Crippen molar-refractivity contribution in [2.24, 2.45) is 5.73 Å². The Balaban J connectivity index is 2.11. The van der Waals surface area contributed by atoms with Gasteiger partial charge in [-0.2, -0.15) is 0 Å². The van der Waals surface area contributed by atoms with Gasteiger partial charge in [0.1, 0.15) is 17.9 Å². The summed E-state index contributed by atoms with van der Waals surface area (Å²) in [5, 5.41) is 5.16. The molecule has 0 radical (unpaired) electrons. The molecule has 2 aromatic carbocycles. The van der Waals surface area contributed by atoms with Crippen LogP contribution in [-0.2, 0) is 27.2 Å². The Hall–Kier alpha value is -2.74. The van der Waals surface area contributed by atoms with Gasteiger partial charge in [-0.15, -0.1) is 0 Å². The van der Waals surface area contributed by atoms with Crippen molar-refractivity contribution in [1.29, 1.82) is 0 Å². The third-order valence-corrected chi connectivity index (χ3v) is 4.59. The summed E-state index contributed by atoms with van der Waals surface area (Å²) in [6.07, 6.45) is 0.368. The molecule has 0 unspecified atom stereocenters. The number of hydrogen-bond acceptors (Lipinski definition) is 3. The monoisotopic (exact) mass is 449 g/mol. The summed E-state index contributed by atoms with van der Waals surface area (Å²) < 4.78 is 14.0. The summed E-state index contributed by atoms with van der Waals surface area (Å²) >= 11 is 3.33. The fourth-order valence-corrected chi connectivity index (χ4v) is 2.93. The van der Waals surface area contributed by atoms with Crippen molar-refractivity contribution in [2.45, 2.75) is 31.8 Å². The molecular formula is C20H21BrFN3O3. The average Bonchev–Trinajstić information content (AvgIpc) is 2.63. The van der Waals surface area contributed by atoms with E-state index < -0.39 is 35.6 Å². The van der Waals surface area contributed by atoms with Crippen molar-refractivity contribution in [3.63, 3.8) is 0 Å². The maximum Gasteiger partial charge on any atom is 0.243 e. The molecule has 0 fully saturated rings. The van der Waals surface area contributed by atoms with Gasteiger partial charge in [-0.1, -0.05) is 40.2 Å². The van der Waals surface area contributed by atoms with Gasteiger partial charge in [-0.3, -0.25) is 14.4 Å². The molecular weight excluding hydrogens is 429 g/mol. The second-order valence-corrected chi connectivity index (χ2v) is 7.29. The van der Waals surface area contributed by atoms with Crippen LogP contribution in [0.2, 0.25) is 0 Å². The van der Waals surface area contributed by atoms with Crippen LogP contribution in [0.3, 0.4) is 0 Å². The summed E-state index contributed by atoms with van der Waals surface area (Å²) in [6, 6.07) is 11.0. The van der Waals surface area contributed by atoms with E-state index in [1.54, 1.807) is 0 Å². The zero-order valence-corrected chi connectivity index (χ0v) is 16.8. The van der Waals surface area contributed by atoms with Crippen LogP contribution < -0.4 is 16.4 Å². The molecule has 0 aliphatic heterocycles. The van der Waals surface area contributed by atoms with Crippen LogP contribution in [0.25, 0.3) is 0 Å². The second-order valence-electron chi connectivity index (χ2n) is 6.38. The van der Waals surface area contributed by atoms with Crippen LogP contribution in [0.4, 0.5) is 4.39 Å². The highest BCUT2D eigenvalue weighted by Crippen LogP contribution is 2.12. The number of hydrogen-bond donors (Lipinski definition) is 3. The highest BCUT2D eigenvalue weighted by Gasteiger charge is 2.25. The molecule has 6 nitrogen and oxygen atoms in total. The van der Waals surface area contributed by atoms with Crippen LogP contribution in [0.15, 0.2) is 53.0 Å². The van der Waals surface area contributed by atoms with Gasteiger partial charge >= 0.3 is 0 Å². The van der Waals surface area contributed by atoms with E-state index in [2.05, 4.69) is 26.6 Å². The normalized spacial score (nSPS) is 12.7. The maximum atomic E-state index is 13.1. The first-order valence-electron chi connectivity index (χ1n) is 8.60. The third kappa shape index (κ3) is 6.77. The highest BCUT2D eigenvalue weighted by molar-refractivity contribution is 9.10. The van der Waals surface area contributed by atoms with E-state index in [0.29, 0.717) is 5.56 Å². The molecule has 8 heteroatoms. The van der Waals surface area contributed by atoms with E-state index in [1.165, 1.54) is 31.2 Å². The van der Waals surface area contributed by atoms with E-state index in [-0.39, 0.29) is 12.8 Å². The van der Waals surface area contributed by atoms with Gasteiger partial charge in [0, 0.05) is 24.2 Å². The minimum atomic E-state index is -0.932. The molecule has 0 aromatic heterocycles. The van der Waals surface area contributed by atoms with Crippen LogP contribution in [0.1, 0.15) is 18.1 Å².